The number of aromatic nitrogens is 3. The molecule has 0 aliphatic carbocycles. The van der Waals surface area contributed by atoms with Crippen LogP contribution in [0.4, 0.5) is 0 Å². The van der Waals surface area contributed by atoms with Crippen LogP contribution in [0.1, 0.15) is 37.8 Å². The molecular weight excluding hydrogens is 192 g/mol. The topological polar surface area (TPSA) is 63.7 Å². The lowest BCUT2D eigenvalue weighted by Gasteiger charge is -2.12. The average Bonchev–Trinajstić information content (AvgIpc) is 2.62. The van der Waals surface area contributed by atoms with Gasteiger partial charge in [0.15, 0.2) is 0 Å². The zero-order valence-corrected chi connectivity index (χ0v) is 9.40. The van der Waals surface area contributed by atoms with Crippen molar-refractivity contribution in [1.29, 1.82) is 5.26 Å². The van der Waals surface area contributed by atoms with E-state index >= 15 is 0 Å². The molecule has 5 nitrogen and oxygen atoms in total. The van der Waals surface area contributed by atoms with Gasteiger partial charge < -0.3 is 4.74 Å². The van der Waals surface area contributed by atoms with Crippen LogP contribution in [0.5, 0.6) is 0 Å². The fraction of sp³-hybridized carbons (Fsp3) is 0.700. The Hall–Kier alpha value is -1.41. The lowest BCUT2D eigenvalue weighted by Crippen LogP contribution is -2.10. The number of aryl methyl sites for hydroxylation is 1. The number of hydrogen-bond donors (Lipinski definition) is 0. The monoisotopic (exact) mass is 208 g/mol. The Balaban J connectivity index is 3.03. The Bertz CT molecular complexity index is 353. The number of rotatable bonds is 5. The summed E-state index contributed by atoms with van der Waals surface area (Å²) in [6.07, 6.45) is 1.20. The lowest BCUT2D eigenvalue weighted by atomic mass is 10.2. The molecule has 1 aromatic heterocycles. The first-order chi connectivity index (χ1) is 7.24. The summed E-state index contributed by atoms with van der Waals surface area (Å²) in [4.78, 5) is 0. The molecule has 0 spiro atoms. The zero-order valence-electron chi connectivity index (χ0n) is 9.40. The van der Waals surface area contributed by atoms with E-state index in [0.29, 0.717) is 0 Å². The molecule has 0 saturated carbocycles. The number of hydrogen-bond acceptors (Lipinski definition) is 4. The molecule has 1 rings (SSSR count). The van der Waals surface area contributed by atoms with E-state index < -0.39 is 0 Å². The van der Waals surface area contributed by atoms with Crippen LogP contribution in [-0.4, -0.2) is 22.1 Å². The largest absolute Gasteiger partial charge is 0.375 e. The minimum absolute atomic E-state index is 0.0742. The quantitative estimate of drug-likeness (QED) is 0.734. The highest BCUT2D eigenvalue weighted by atomic mass is 16.5. The number of ether oxygens (including phenoxy) is 1. The van der Waals surface area contributed by atoms with Gasteiger partial charge in [-0.3, -0.25) is 0 Å². The van der Waals surface area contributed by atoms with E-state index in [0.717, 1.165) is 24.4 Å². The van der Waals surface area contributed by atoms with E-state index in [4.69, 9.17) is 10.00 Å². The van der Waals surface area contributed by atoms with Gasteiger partial charge in [-0.1, -0.05) is 12.1 Å². The molecule has 0 N–H and O–H groups in total. The highest BCUT2D eigenvalue weighted by Gasteiger charge is 2.17. The molecule has 82 valence electrons. The van der Waals surface area contributed by atoms with E-state index in [1.54, 1.807) is 7.11 Å². The molecule has 1 atom stereocenters. The Morgan fingerprint density at radius 3 is 2.87 bits per heavy atom. The molecule has 1 unspecified atom stereocenters. The van der Waals surface area contributed by atoms with Gasteiger partial charge in [0.05, 0.1) is 24.3 Å². The van der Waals surface area contributed by atoms with Crippen molar-refractivity contribution in [3.8, 4) is 6.07 Å². The fourth-order valence-corrected chi connectivity index (χ4v) is 1.49. The summed E-state index contributed by atoms with van der Waals surface area (Å²) >= 11 is 0. The van der Waals surface area contributed by atoms with Crippen molar-refractivity contribution in [1.82, 2.24) is 15.0 Å². The maximum atomic E-state index is 8.67. The minimum Gasteiger partial charge on any atom is -0.375 e. The summed E-state index contributed by atoms with van der Waals surface area (Å²) in [5.74, 6) is 0. The SMILES string of the molecule is CCCn1nnc(CC#N)c1C(C)OC. The number of methoxy groups -OCH3 is 1. The molecule has 0 radical (unpaired) electrons. The minimum atomic E-state index is -0.0742. The van der Waals surface area contributed by atoms with Gasteiger partial charge in [-0.25, -0.2) is 4.68 Å². The van der Waals surface area contributed by atoms with Gasteiger partial charge in [-0.2, -0.15) is 5.26 Å². The first-order valence-electron chi connectivity index (χ1n) is 5.06. The molecule has 0 saturated heterocycles. The maximum absolute atomic E-state index is 8.67. The molecule has 15 heavy (non-hydrogen) atoms. The van der Waals surface area contributed by atoms with Gasteiger partial charge >= 0.3 is 0 Å². The third-order valence-electron chi connectivity index (χ3n) is 2.27. The smallest absolute Gasteiger partial charge is 0.103 e. The van der Waals surface area contributed by atoms with Gasteiger partial charge in [0, 0.05) is 13.7 Å². The van der Waals surface area contributed by atoms with Crippen molar-refractivity contribution in [2.75, 3.05) is 7.11 Å². The Morgan fingerprint density at radius 2 is 2.33 bits per heavy atom. The van der Waals surface area contributed by atoms with Crippen LogP contribution in [0.3, 0.4) is 0 Å². The van der Waals surface area contributed by atoms with E-state index in [2.05, 4.69) is 23.3 Å². The third-order valence-corrected chi connectivity index (χ3v) is 2.27. The van der Waals surface area contributed by atoms with Crippen molar-refractivity contribution in [2.24, 2.45) is 0 Å². The van der Waals surface area contributed by atoms with Gasteiger partial charge in [0.2, 0.25) is 0 Å². The van der Waals surface area contributed by atoms with Crippen LogP contribution >= 0.6 is 0 Å². The predicted octanol–water partition coefficient (Wildman–Crippen LogP) is 1.46. The molecule has 0 fully saturated rings. The van der Waals surface area contributed by atoms with E-state index in [1.807, 2.05) is 11.6 Å². The van der Waals surface area contributed by atoms with Crippen LogP contribution in [-0.2, 0) is 17.7 Å². The summed E-state index contributed by atoms with van der Waals surface area (Å²) in [6.45, 7) is 4.82. The molecule has 1 aromatic rings. The highest BCUT2D eigenvalue weighted by molar-refractivity contribution is 5.16. The molecule has 0 aromatic carbocycles. The Morgan fingerprint density at radius 1 is 1.60 bits per heavy atom. The van der Waals surface area contributed by atoms with Gasteiger partial charge in [-0.05, 0) is 13.3 Å². The van der Waals surface area contributed by atoms with Crippen molar-refractivity contribution in [3.05, 3.63) is 11.4 Å². The standard InChI is InChI=1S/C10H16N4O/c1-4-7-14-10(8(2)15-3)9(5-6-11)12-13-14/h8H,4-5,7H2,1-3H3. The average molecular weight is 208 g/mol. The second-order valence-corrected chi connectivity index (χ2v) is 3.36. The summed E-state index contributed by atoms with van der Waals surface area (Å²) in [6, 6.07) is 2.09. The summed E-state index contributed by atoms with van der Waals surface area (Å²) in [5.41, 5.74) is 1.64. The molecular formula is C10H16N4O. The van der Waals surface area contributed by atoms with E-state index in [9.17, 15) is 0 Å². The van der Waals surface area contributed by atoms with Crippen LogP contribution < -0.4 is 0 Å². The van der Waals surface area contributed by atoms with Crippen molar-refractivity contribution in [3.63, 3.8) is 0 Å². The molecule has 0 aliphatic heterocycles. The summed E-state index contributed by atoms with van der Waals surface area (Å²) in [7, 11) is 1.64. The van der Waals surface area contributed by atoms with Crippen LogP contribution in [0.15, 0.2) is 0 Å². The summed E-state index contributed by atoms with van der Waals surface area (Å²) < 4.78 is 7.08. The molecule has 1 heterocycles. The first-order valence-corrected chi connectivity index (χ1v) is 5.06. The maximum Gasteiger partial charge on any atom is 0.103 e. The third kappa shape index (κ3) is 2.54. The predicted molar refractivity (Wildman–Crippen MR) is 55.1 cm³/mol. The number of nitrogens with zero attached hydrogens (tertiary/aromatic N) is 4. The first kappa shape index (κ1) is 11.7. The van der Waals surface area contributed by atoms with Crippen LogP contribution in [0.25, 0.3) is 0 Å². The zero-order chi connectivity index (χ0) is 11.3. The van der Waals surface area contributed by atoms with Crippen molar-refractivity contribution >= 4 is 0 Å². The van der Waals surface area contributed by atoms with Gasteiger partial charge in [0.1, 0.15) is 5.69 Å². The second kappa shape index (κ2) is 5.47. The molecule has 0 aliphatic rings. The highest BCUT2D eigenvalue weighted by Crippen LogP contribution is 2.19. The number of nitriles is 1. The lowest BCUT2D eigenvalue weighted by molar-refractivity contribution is 0.110. The second-order valence-electron chi connectivity index (χ2n) is 3.36. The van der Waals surface area contributed by atoms with Crippen LogP contribution in [0.2, 0.25) is 0 Å². The van der Waals surface area contributed by atoms with Crippen molar-refractivity contribution in [2.45, 2.75) is 39.3 Å². The Labute approximate surface area is 89.7 Å². The van der Waals surface area contributed by atoms with Crippen molar-refractivity contribution < 1.29 is 4.74 Å². The van der Waals surface area contributed by atoms with Crippen LogP contribution in [0, 0.1) is 11.3 Å². The van der Waals surface area contributed by atoms with Gasteiger partial charge in [0.25, 0.3) is 0 Å². The Kier molecular flexibility index (Phi) is 4.25. The van der Waals surface area contributed by atoms with E-state index in [-0.39, 0.29) is 12.5 Å². The fourth-order valence-electron chi connectivity index (χ4n) is 1.49. The van der Waals surface area contributed by atoms with Gasteiger partial charge in [-0.15, -0.1) is 5.10 Å². The molecule has 5 heteroatoms. The summed E-state index contributed by atoms with van der Waals surface area (Å²) in [5, 5.41) is 16.7. The van der Waals surface area contributed by atoms with E-state index in [1.165, 1.54) is 0 Å². The molecule has 0 bridgehead atoms. The molecule has 0 amide bonds. The normalized spacial score (nSPS) is 12.4.